The average molecular weight is 195 g/mol. The first-order valence-electron chi connectivity index (χ1n) is 4.08. The Hall–Kier alpha value is -1.71. The van der Waals surface area contributed by atoms with Crippen molar-refractivity contribution in [3.05, 3.63) is 23.8 Å². The number of nitrogens with one attached hydrogen (secondary N) is 1. The Morgan fingerprint density at radius 1 is 1.14 bits per heavy atom. The molecular formula is C10H13NO3. The SMILES string of the molecule is COC(=N)c1ccc(OC)cc1OC. The molecule has 0 amide bonds. The van der Waals surface area contributed by atoms with Gasteiger partial charge in [-0.25, -0.2) is 0 Å². The number of benzene rings is 1. The number of hydrogen-bond acceptors (Lipinski definition) is 4. The number of hydrogen-bond donors (Lipinski definition) is 1. The summed E-state index contributed by atoms with van der Waals surface area (Å²) in [5.41, 5.74) is 0.607. The molecule has 0 bridgehead atoms. The molecule has 0 aromatic heterocycles. The second-order valence-corrected chi connectivity index (χ2v) is 2.60. The minimum atomic E-state index is 0.0736. The van der Waals surface area contributed by atoms with Gasteiger partial charge in [-0.2, -0.15) is 0 Å². The highest BCUT2D eigenvalue weighted by Gasteiger charge is 2.09. The van der Waals surface area contributed by atoms with Crippen LogP contribution in [0, 0.1) is 5.41 Å². The minimum Gasteiger partial charge on any atom is -0.497 e. The molecule has 1 aromatic rings. The van der Waals surface area contributed by atoms with Crippen molar-refractivity contribution in [2.45, 2.75) is 0 Å². The molecule has 1 N–H and O–H groups in total. The summed E-state index contributed by atoms with van der Waals surface area (Å²) in [5.74, 6) is 1.33. The predicted octanol–water partition coefficient (Wildman–Crippen LogP) is 1.68. The third kappa shape index (κ3) is 1.96. The smallest absolute Gasteiger partial charge is 0.216 e. The number of rotatable bonds is 3. The molecule has 1 rings (SSSR count). The Kier molecular flexibility index (Phi) is 3.34. The minimum absolute atomic E-state index is 0.0736. The van der Waals surface area contributed by atoms with Gasteiger partial charge in [0.25, 0.3) is 0 Å². The lowest BCUT2D eigenvalue weighted by molar-refractivity contribution is 0.381. The molecule has 76 valence electrons. The molecule has 0 spiro atoms. The quantitative estimate of drug-likeness (QED) is 0.589. The van der Waals surface area contributed by atoms with Crippen LogP contribution in [0.5, 0.6) is 11.5 Å². The van der Waals surface area contributed by atoms with Gasteiger partial charge in [0.05, 0.1) is 26.9 Å². The van der Waals surface area contributed by atoms with Gasteiger partial charge in [-0.15, -0.1) is 0 Å². The Morgan fingerprint density at radius 2 is 1.86 bits per heavy atom. The first-order valence-corrected chi connectivity index (χ1v) is 4.08. The maximum Gasteiger partial charge on any atom is 0.216 e. The Bertz CT molecular complexity index is 336. The van der Waals surface area contributed by atoms with E-state index in [1.807, 2.05) is 0 Å². The second-order valence-electron chi connectivity index (χ2n) is 2.60. The molecule has 0 aliphatic heterocycles. The lowest BCUT2D eigenvalue weighted by atomic mass is 10.2. The van der Waals surface area contributed by atoms with Crippen molar-refractivity contribution in [1.29, 1.82) is 5.41 Å². The maximum atomic E-state index is 7.51. The van der Waals surface area contributed by atoms with Gasteiger partial charge in [0.1, 0.15) is 11.5 Å². The number of ether oxygens (including phenoxy) is 3. The highest BCUT2D eigenvalue weighted by atomic mass is 16.5. The molecule has 0 fully saturated rings. The lowest BCUT2D eigenvalue weighted by Gasteiger charge is -2.09. The second kappa shape index (κ2) is 4.50. The molecule has 0 aliphatic rings. The standard InChI is InChI=1S/C10H13NO3/c1-12-7-4-5-8(10(11)14-3)9(6-7)13-2/h4-6,11H,1-3H3. The molecular weight excluding hydrogens is 182 g/mol. The van der Waals surface area contributed by atoms with Gasteiger partial charge in [0, 0.05) is 6.07 Å². The van der Waals surface area contributed by atoms with Crippen LogP contribution in [0.15, 0.2) is 18.2 Å². The molecule has 0 saturated heterocycles. The highest BCUT2D eigenvalue weighted by molar-refractivity contribution is 5.94. The summed E-state index contributed by atoms with van der Waals surface area (Å²) in [5, 5.41) is 7.51. The zero-order valence-corrected chi connectivity index (χ0v) is 8.46. The molecule has 14 heavy (non-hydrogen) atoms. The van der Waals surface area contributed by atoms with E-state index in [0.29, 0.717) is 17.1 Å². The van der Waals surface area contributed by atoms with E-state index in [-0.39, 0.29) is 5.90 Å². The van der Waals surface area contributed by atoms with Crippen LogP contribution in [0.25, 0.3) is 0 Å². The largest absolute Gasteiger partial charge is 0.497 e. The summed E-state index contributed by atoms with van der Waals surface area (Å²) in [7, 11) is 4.57. The van der Waals surface area contributed by atoms with Gasteiger partial charge in [-0.05, 0) is 12.1 Å². The van der Waals surface area contributed by atoms with E-state index >= 15 is 0 Å². The van der Waals surface area contributed by atoms with Crippen LogP contribution < -0.4 is 9.47 Å². The van der Waals surface area contributed by atoms with Crippen LogP contribution in [0.4, 0.5) is 0 Å². The molecule has 4 nitrogen and oxygen atoms in total. The van der Waals surface area contributed by atoms with Crippen molar-refractivity contribution in [3.63, 3.8) is 0 Å². The third-order valence-electron chi connectivity index (χ3n) is 1.86. The van der Waals surface area contributed by atoms with Crippen molar-refractivity contribution in [3.8, 4) is 11.5 Å². The van der Waals surface area contributed by atoms with E-state index in [1.165, 1.54) is 7.11 Å². The first kappa shape index (κ1) is 10.4. The molecule has 0 unspecified atom stereocenters. The van der Waals surface area contributed by atoms with Crippen molar-refractivity contribution in [1.82, 2.24) is 0 Å². The molecule has 0 aliphatic carbocycles. The van der Waals surface area contributed by atoms with Crippen molar-refractivity contribution >= 4 is 5.90 Å². The van der Waals surface area contributed by atoms with Gasteiger partial charge in [0.2, 0.25) is 5.90 Å². The third-order valence-corrected chi connectivity index (χ3v) is 1.86. The van der Waals surface area contributed by atoms with E-state index in [4.69, 9.17) is 19.6 Å². The fraction of sp³-hybridized carbons (Fsp3) is 0.300. The lowest BCUT2D eigenvalue weighted by Crippen LogP contribution is -2.04. The zero-order chi connectivity index (χ0) is 10.6. The monoisotopic (exact) mass is 195 g/mol. The number of methoxy groups -OCH3 is 3. The van der Waals surface area contributed by atoms with Crippen LogP contribution in [-0.2, 0) is 4.74 Å². The van der Waals surface area contributed by atoms with Crippen LogP contribution in [0.3, 0.4) is 0 Å². The molecule has 0 atom stereocenters. The van der Waals surface area contributed by atoms with E-state index in [9.17, 15) is 0 Å². The molecule has 0 heterocycles. The van der Waals surface area contributed by atoms with Gasteiger partial charge in [-0.3, -0.25) is 5.41 Å². The summed E-state index contributed by atoms with van der Waals surface area (Å²) < 4.78 is 15.0. The zero-order valence-electron chi connectivity index (χ0n) is 8.46. The van der Waals surface area contributed by atoms with Crippen LogP contribution in [0.2, 0.25) is 0 Å². The van der Waals surface area contributed by atoms with Gasteiger partial charge >= 0.3 is 0 Å². The predicted molar refractivity (Wildman–Crippen MR) is 53.4 cm³/mol. The highest BCUT2D eigenvalue weighted by Crippen LogP contribution is 2.24. The van der Waals surface area contributed by atoms with E-state index in [2.05, 4.69) is 0 Å². The molecule has 0 radical (unpaired) electrons. The Balaban J connectivity index is 3.11. The first-order chi connectivity index (χ1) is 6.72. The summed E-state index contributed by atoms with van der Waals surface area (Å²) in [4.78, 5) is 0. The molecule has 0 saturated carbocycles. The van der Waals surface area contributed by atoms with Gasteiger partial charge in [-0.1, -0.05) is 0 Å². The van der Waals surface area contributed by atoms with Crippen molar-refractivity contribution in [2.75, 3.05) is 21.3 Å². The summed E-state index contributed by atoms with van der Waals surface area (Å²) in [6.07, 6.45) is 0. The normalized spacial score (nSPS) is 9.36. The van der Waals surface area contributed by atoms with Crippen molar-refractivity contribution < 1.29 is 14.2 Å². The topological polar surface area (TPSA) is 51.5 Å². The van der Waals surface area contributed by atoms with Crippen LogP contribution >= 0.6 is 0 Å². The fourth-order valence-electron chi connectivity index (χ4n) is 1.10. The maximum absolute atomic E-state index is 7.51. The summed E-state index contributed by atoms with van der Waals surface area (Å²) in [6, 6.07) is 5.19. The molecule has 4 heteroatoms. The van der Waals surface area contributed by atoms with Gasteiger partial charge < -0.3 is 14.2 Å². The Morgan fingerprint density at radius 3 is 2.36 bits per heavy atom. The Labute approximate surface area is 82.9 Å². The van der Waals surface area contributed by atoms with Crippen LogP contribution in [-0.4, -0.2) is 27.2 Å². The summed E-state index contributed by atoms with van der Waals surface area (Å²) >= 11 is 0. The van der Waals surface area contributed by atoms with Gasteiger partial charge in [0.15, 0.2) is 0 Å². The molecule has 1 aromatic carbocycles. The van der Waals surface area contributed by atoms with E-state index in [1.54, 1.807) is 32.4 Å². The average Bonchev–Trinajstić information content (AvgIpc) is 2.27. The van der Waals surface area contributed by atoms with E-state index < -0.39 is 0 Å². The van der Waals surface area contributed by atoms with Crippen LogP contribution in [0.1, 0.15) is 5.56 Å². The van der Waals surface area contributed by atoms with Crippen molar-refractivity contribution in [2.24, 2.45) is 0 Å². The summed E-state index contributed by atoms with van der Waals surface area (Å²) in [6.45, 7) is 0. The fourth-order valence-corrected chi connectivity index (χ4v) is 1.10. The van der Waals surface area contributed by atoms with E-state index in [0.717, 1.165) is 0 Å².